The molecule has 0 atom stereocenters. The number of hydrogen-bond acceptors (Lipinski definition) is 1. The molecule has 0 bridgehead atoms. The molecule has 0 spiro atoms. The standard InChI is InChI=1S/C17H17N.C2H6/c1-11(2)14-8-9-18-16-10-13-6-4-5-7-15(13)12(3)17(14)16;1-2/h4-11H,1-3H3;1-2H3. The monoisotopic (exact) mass is 265 g/mol. The van der Waals surface area contributed by atoms with Gasteiger partial charge in [-0.25, -0.2) is 0 Å². The van der Waals surface area contributed by atoms with Crippen LogP contribution >= 0.6 is 0 Å². The van der Waals surface area contributed by atoms with Gasteiger partial charge in [-0.3, -0.25) is 4.98 Å². The van der Waals surface area contributed by atoms with E-state index in [9.17, 15) is 0 Å². The maximum atomic E-state index is 4.54. The van der Waals surface area contributed by atoms with Crippen molar-refractivity contribution in [2.75, 3.05) is 0 Å². The summed E-state index contributed by atoms with van der Waals surface area (Å²) >= 11 is 0. The van der Waals surface area contributed by atoms with Crippen molar-refractivity contribution in [3.05, 3.63) is 53.7 Å². The van der Waals surface area contributed by atoms with Crippen molar-refractivity contribution in [1.82, 2.24) is 4.98 Å². The lowest BCUT2D eigenvalue weighted by atomic mass is 9.93. The topological polar surface area (TPSA) is 12.9 Å². The summed E-state index contributed by atoms with van der Waals surface area (Å²) < 4.78 is 0. The van der Waals surface area contributed by atoms with Gasteiger partial charge in [-0.2, -0.15) is 0 Å². The van der Waals surface area contributed by atoms with Crippen LogP contribution in [0, 0.1) is 6.92 Å². The summed E-state index contributed by atoms with van der Waals surface area (Å²) in [6.07, 6.45) is 1.92. The highest BCUT2D eigenvalue weighted by Gasteiger charge is 2.10. The van der Waals surface area contributed by atoms with E-state index in [1.165, 1.54) is 27.3 Å². The first-order valence-electron chi connectivity index (χ1n) is 7.45. The van der Waals surface area contributed by atoms with Gasteiger partial charge >= 0.3 is 0 Å². The van der Waals surface area contributed by atoms with Gasteiger partial charge in [-0.05, 0) is 46.9 Å². The van der Waals surface area contributed by atoms with Crippen LogP contribution in [0.15, 0.2) is 42.6 Å². The van der Waals surface area contributed by atoms with Gasteiger partial charge in [0, 0.05) is 11.6 Å². The molecule has 1 heteroatoms. The van der Waals surface area contributed by atoms with Crippen LogP contribution in [0.5, 0.6) is 0 Å². The van der Waals surface area contributed by atoms with E-state index in [2.05, 4.69) is 62.2 Å². The number of aromatic nitrogens is 1. The molecule has 1 heterocycles. The van der Waals surface area contributed by atoms with E-state index >= 15 is 0 Å². The first kappa shape index (κ1) is 14.5. The maximum absolute atomic E-state index is 4.54. The Morgan fingerprint density at radius 2 is 1.70 bits per heavy atom. The molecule has 0 saturated carbocycles. The largest absolute Gasteiger partial charge is 0.256 e. The predicted molar refractivity (Wildman–Crippen MR) is 89.4 cm³/mol. The molecule has 0 fully saturated rings. The first-order chi connectivity index (χ1) is 9.68. The van der Waals surface area contributed by atoms with Gasteiger partial charge in [0.1, 0.15) is 0 Å². The second-order valence-corrected chi connectivity index (χ2v) is 5.17. The first-order valence-corrected chi connectivity index (χ1v) is 7.45. The highest BCUT2D eigenvalue weighted by Crippen LogP contribution is 2.31. The Kier molecular flexibility index (Phi) is 4.39. The van der Waals surface area contributed by atoms with E-state index in [1.54, 1.807) is 0 Å². The Labute approximate surface area is 121 Å². The molecule has 0 N–H and O–H groups in total. The molecule has 2 aromatic carbocycles. The minimum atomic E-state index is 0.523. The zero-order valence-corrected chi connectivity index (χ0v) is 13.1. The molecule has 0 unspecified atom stereocenters. The van der Waals surface area contributed by atoms with Crippen LogP contribution in [0.4, 0.5) is 0 Å². The summed E-state index contributed by atoms with van der Waals surface area (Å²) in [6.45, 7) is 10.7. The molecule has 0 saturated heterocycles. The van der Waals surface area contributed by atoms with Crippen molar-refractivity contribution in [2.24, 2.45) is 0 Å². The zero-order chi connectivity index (χ0) is 14.7. The molecule has 3 rings (SSSR count). The quantitative estimate of drug-likeness (QED) is 0.503. The lowest BCUT2D eigenvalue weighted by molar-refractivity contribution is 0.874. The Hall–Kier alpha value is -1.89. The number of hydrogen-bond donors (Lipinski definition) is 0. The molecule has 1 aromatic heterocycles. The van der Waals surface area contributed by atoms with Gasteiger partial charge in [0.2, 0.25) is 0 Å². The van der Waals surface area contributed by atoms with E-state index < -0.39 is 0 Å². The summed E-state index contributed by atoms with van der Waals surface area (Å²) in [5, 5.41) is 3.93. The molecule has 0 aliphatic rings. The maximum Gasteiger partial charge on any atom is 0.0713 e. The summed E-state index contributed by atoms with van der Waals surface area (Å²) in [7, 11) is 0. The molecular weight excluding hydrogens is 242 g/mol. The summed E-state index contributed by atoms with van der Waals surface area (Å²) in [6, 6.07) is 12.9. The molecular formula is C19H23N. The molecule has 0 aliphatic heterocycles. The van der Waals surface area contributed by atoms with Gasteiger partial charge < -0.3 is 0 Å². The highest BCUT2D eigenvalue weighted by atomic mass is 14.6. The van der Waals surface area contributed by atoms with Gasteiger partial charge in [-0.15, -0.1) is 0 Å². The van der Waals surface area contributed by atoms with E-state index in [0.717, 1.165) is 5.52 Å². The third-order valence-electron chi connectivity index (χ3n) is 3.67. The van der Waals surface area contributed by atoms with Crippen LogP contribution in [0.3, 0.4) is 0 Å². The summed E-state index contributed by atoms with van der Waals surface area (Å²) in [5.41, 5.74) is 3.85. The average molecular weight is 265 g/mol. The van der Waals surface area contributed by atoms with E-state index in [4.69, 9.17) is 0 Å². The normalized spacial score (nSPS) is 10.7. The van der Waals surface area contributed by atoms with E-state index in [-0.39, 0.29) is 0 Å². The van der Waals surface area contributed by atoms with Crippen molar-refractivity contribution < 1.29 is 0 Å². The molecule has 3 aromatic rings. The smallest absolute Gasteiger partial charge is 0.0713 e. The summed E-state index contributed by atoms with van der Waals surface area (Å²) in [5.74, 6) is 0.523. The lowest BCUT2D eigenvalue weighted by Crippen LogP contribution is -1.94. The van der Waals surface area contributed by atoms with Crippen LogP contribution in [-0.4, -0.2) is 4.98 Å². The second-order valence-electron chi connectivity index (χ2n) is 5.17. The van der Waals surface area contributed by atoms with E-state index in [1.807, 2.05) is 20.0 Å². The molecule has 0 radical (unpaired) electrons. The number of pyridine rings is 1. The number of benzene rings is 2. The zero-order valence-electron chi connectivity index (χ0n) is 13.1. The van der Waals surface area contributed by atoms with Gasteiger partial charge in [0.05, 0.1) is 5.52 Å². The number of rotatable bonds is 1. The average Bonchev–Trinajstić information content (AvgIpc) is 2.49. The van der Waals surface area contributed by atoms with Gasteiger partial charge in [0.25, 0.3) is 0 Å². The third kappa shape index (κ3) is 2.40. The van der Waals surface area contributed by atoms with Gasteiger partial charge in [-0.1, -0.05) is 52.0 Å². The van der Waals surface area contributed by atoms with Crippen LogP contribution in [0.25, 0.3) is 21.7 Å². The minimum absolute atomic E-state index is 0.523. The fraction of sp³-hybridized carbons (Fsp3) is 0.316. The van der Waals surface area contributed by atoms with Crippen LogP contribution < -0.4 is 0 Å². The van der Waals surface area contributed by atoms with E-state index in [0.29, 0.717) is 5.92 Å². The molecule has 104 valence electrons. The third-order valence-corrected chi connectivity index (χ3v) is 3.67. The SMILES string of the molecule is CC.Cc1c2ccccc2cc2nccc(C(C)C)c12. The molecule has 0 amide bonds. The lowest BCUT2D eigenvalue weighted by Gasteiger charge is -2.13. The predicted octanol–water partition coefficient (Wildman–Crippen LogP) is 5.85. The van der Waals surface area contributed by atoms with Gasteiger partial charge in [0.15, 0.2) is 0 Å². The van der Waals surface area contributed by atoms with Crippen molar-refractivity contribution in [2.45, 2.75) is 40.5 Å². The van der Waals surface area contributed by atoms with Crippen LogP contribution in [0.2, 0.25) is 0 Å². The molecule has 20 heavy (non-hydrogen) atoms. The molecule has 0 aliphatic carbocycles. The number of nitrogens with zero attached hydrogens (tertiary/aromatic N) is 1. The number of aryl methyl sites for hydroxylation is 1. The van der Waals surface area contributed by atoms with Crippen molar-refractivity contribution >= 4 is 21.7 Å². The van der Waals surface area contributed by atoms with Crippen LogP contribution in [-0.2, 0) is 0 Å². The summed E-state index contributed by atoms with van der Waals surface area (Å²) in [4.78, 5) is 4.54. The fourth-order valence-electron chi connectivity index (χ4n) is 2.74. The Balaban J connectivity index is 0.000000704. The second kappa shape index (κ2) is 6.04. The number of fused-ring (bicyclic) bond motifs is 2. The van der Waals surface area contributed by atoms with Crippen molar-refractivity contribution in [3.63, 3.8) is 0 Å². The van der Waals surface area contributed by atoms with Crippen molar-refractivity contribution in [3.8, 4) is 0 Å². The molecule has 1 nitrogen and oxygen atoms in total. The Bertz CT molecular complexity index is 726. The van der Waals surface area contributed by atoms with Crippen LogP contribution in [0.1, 0.15) is 44.7 Å². The fourth-order valence-corrected chi connectivity index (χ4v) is 2.74. The minimum Gasteiger partial charge on any atom is -0.256 e. The Morgan fingerprint density at radius 3 is 2.40 bits per heavy atom. The van der Waals surface area contributed by atoms with Crippen molar-refractivity contribution in [1.29, 1.82) is 0 Å². The highest BCUT2D eigenvalue weighted by molar-refractivity contribution is 6.01. The Morgan fingerprint density at radius 1 is 1.00 bits per heavy atom.